The van der Waals surface area contributed by atoms with Gasteiger partial charge in [0.1, 0.15) is 10.7 Å². The third kappa shape index (κ3) is 4.21. The van der Waals surface area contributed by atoms with Gasteiger partial charge in [-0.2, -0.15) is 0 Å². The highest BCUT2D eigenvalue weighted by atomic mass is 32.2. The molecule has 31 heavy (non-hydrogen) atoms. The minimum Gasteiger partial charge on any atom is -0.497 e. The quantitative estimate of drug-likeness (QED) is 0.513. The SMILES string of the molecule is CCCCN1C(=O)/C(=C2/Sc3ccc(OC)cc3N2C)SC1=Nc1ccc(C)cc1C. The number of benzene rings is 2. The van der Waals surface area contributed by atoms with Crippen molar-refractivity contribution in [2.75, 3.05) is 25.6 Å². The van der Waals surface area contributed by atoms with E-state index in [0.29, 0.717) is 6.54 Å². The Morgan fingerprint density at radius 1 is 1.10 bits per heavy atom. The zero-order chi connectivity index (χ0) is 22.1. The molecule has 2 aromatic rings. The average molecular weight is 454 g/mol. The number of rotatable bonds is 5. The summed E-state index contributed by atoms with van der Waals surface area (Å²) in [5.41, 5.74) is 4.29. The Bertz CT molecular complexity index is 1090. The minimum absolute atomic E-state index is 0.0380. The van der Waals surface area contributed by atoms with Crippen LogP contribution >= 0.6 is 23.5 Å². The van der Waals surface area contributed by atoms with Gasteiger partial charge < -0.3 is 9.64 Å². The molecular weight excluding hydrogens is 426 g/mol. The van der Waals surface area contributed by atoms with Crippen molar-refractivity contribution in [1.82, 2.24) is 4.90 Å². The van der Waals surface area contributed by atoms with Gasteiger partial charge >= 0.3 is 0 Å². The molecule has 4 rings (SSSR count). The average Bonchev–Trinajstić information content (AvgIpc) is 3.24. The number of aliphatic imine (C=N–C) groups is 1. The molecule has 0 spiro atoms. The maximum absolute atomic E-state index is 13.5. The van der Waals surface area contributed by atoms with Crippen molar-refractivity contribution in [3.63, 3.8) is 0 Å². The number of nitrogens with zero attached hydrogens (tertiary/aromatic N) is 3. The maximum atomic E-state index is 13.5. The van der Waals surface area contributed by atoms with Crippen LogP contribution in [0.1, 0.15) is 30.9 Å². The maximum Gasteiger partial charge on any atom is 0.269 e. The summed E-state index contributed by atoms with van der Waals surface area (Å²) in [5, 5.41) is 1.71. The Labute approximate surface area is 192 Å². The van der Waals surface area contributed by atoms with Crippen LogP contribution in [-0.2, 0) is 4.79 Å². The van der Waals surface area contributed by atoms with Crippen LogP contribution in [0.25, 0.3) is 0 Å². The van der Waals surface area contributed by atoms with Crippen LogP contribution in [0.3, 0.4) is 0 Å². The van der Waals surface area contributed by atoms with Gasteiger partial charge in [-0.15, -0.1) is 0 Å². The molecule has 162 valence electrons. The number of anilines is 1. The predicted octanol–water partition coefficient (Wildman–Crippen LogP) is 6.09. The van der Waals surface area contributed by atoms with Crippen LogP contribution in [0.2, 0.25) is 0 Å². The largest absolute Gasteiger partial charge is 0.497 e. The van der Waals surface area contributed by atoms with E-state index in [1.807, 2.05) is 36.2 Å². The van der Waals surface area contributed by atoms with Crippen molar-refractivity contribution in [3.05, 3.63) is 57.5 Å². The molecule has 0 saturated carbocycles. The molecule has 0 unspecified atom stereocenters. The number of fused-ring (bicyclic) bond motifs is 1. The number of amides is 1. The molecule has 0 aromatic heterocycles. The van der Waals surface area contributed by atoms with Crippen LogP contribution < -0.4 is 9.64 Å². The Balaban J connectivity index is 1.73. The van der Waals surface area contributed by atoms with Crippen LogP contribution in [0.5, 0.6) is 5.75 Å². The van der Waals surface area contributed by atoms with Crippen LogP contribution in [0.4, 0.5) is 11.4 Å². The van der Waals surface area contributed by atoms with Crippen molar-refractivity contribution in [1.29, 1.82) is 0 Å². The topological polar surface area (TPSA) is 45.1 Å². The lowest BCUT2D eigenvalue weighted by Crippen LogP contribution is -2.30. The zero-order valence-electron chi connectivity index (χ0n) is 18.6. The summed E-state index contributed by atoms with van der Waals surface area (Å²) in [4.78, 5) is 24.2. The molecule has 0 aliphatic carbocycles. The van der Waals surface area contributed by atoms with E-state index in [9.17, 15) is 4.79 Å². The highest BCUT2D eigenvalue weighted by Crippen LogP contribution is 2.51. The smallest absolute Gasteiger partial charge is 0.269 e. The van der Waals surface area contributed by atoms with E-state index >= 15 is 0 Å². The van der Waals surface area contributed by atoms with Crippen LogP contribution in [0.15, 0.2) is 56.2 Å². The van der Waals surface area contributed by atoms with Crippen molar-refractivity contribution in [2.45, 2.75) is 38.5 Å². The molecule has 0 N–H and O–H groups in total. The summed E-state index contributed by atoms with van der Waals surface area (Å²) in [7, 11) is 3.67. The van der Waals surface area contributed by atoms with E-state index in [1.54, 1.807) is 18.9 Å². The molecule has 0 atom stereocenters. The lowest BCUT2D eigenvalue weighted by molar-refractivity contribution is -0.122. The monoisotopic (exact) mass is 453 g/mol. The highest BCUT2D eigenvalue weighted by Gasteiger charge is 2.39. The van der Waals surface area contributed by atoms with E-state index in [2.05, 4.69) is 37.8 Å². The molecule has 0 radical (unpaired) electrons. The standard InChI is InChI=1S/C24H27N3O2S2/c1-6-7-12-27-22(28)21(31-24(27)25-18-10-8-15(2)13-16(18)3)23-26(4)19-14-17(29-5)9-11-20(19)30-23/h8-11,13-14H,6-7,12H2,1-5H3/b23-21-,25-24?. The first-order valence-corrected chi connectivity index (χ1v) is 12.1. The molecule has 0 bridgehead atoms. The molecule has 1 amide bonds. The lowest BCUT2D eigenvalue weighted by Gasteiger charge is -2.16. The third-order valence-electron chi connectivity index (χ3n) is 5.40. The minimum atomic E-state index is 0.0380. The molecule has 2 aliphatic heterocycles. The fraction of sp³-hybridized carbons (Fsp3) is 0.333. The number of amidine groups is 1. The van der Waals surface area contributed by atoms with Gasteiger partial charge in [0.2, 0.25) is 0 Å². The second kappa shape index (κ2) is 9.01. The Hall–Kier alpha value is -2.38. The molecule has 2 heterocycles. The van der Waals surface area contributed by atoms with Gasteiger partial charge in [0.15, 0.2) is 5.17 Å². The Morgan fingerprint density at radius 2 is 1.90 bits per heavy atom. The number of unbranched alkanes of at least 4 members (excludes halogenated alkanes) is 1. The molecule has 2 aromatic carbocycles. The number of carbonyl (C=O) groups is 1. The van der Waals surface area contributed by atoms with Gasteiger partial charge in [0.05, 0.1) is 23.5 Å². The number of thioether (sulfide) groups is 2. The molecular formula is C24H27N3O2S2. The van der Waals surface area contributed by atoms with Gasteiger partial charge in [-0.25, -0.2) is 4.99 Å². The van der Waals surface area contributed by atoms with Gasteiger partial charge in [-0.3, -0.25) is 9.69 Å². The summed E-state index contributed by atoms with van der Waals surface area (Å²) < 4.78 is 5.38. The molecule has 2 aliphatic rings. The van der Waals surface area contributed by atoms with Crippen molar-refractivity contribution >= 4 is 46.0 Å². The third-order valence-corrected chi connectivity index (χ3v) is 7.83. The van der Waals surface area contributed by atoms with Crippen molar-refractivity contribution in [2.24, 2.45) is 4.99 Å². The Morgan fingerprint density at radius 3 is 2.61 bits per heavy atom. The first kappa shape index (κ1) is 21.8. The van der Waals surface area contributed by atoms with Gasteiger partial charge in [0, 0.05) is 24.6 Å². The van der Waals surface area contributed by atoms with Crippen LogP contribution in [-0.4, -0.2) is 36.7 Å². The number of hydrogen-bond donors (Lipinski definition) is 0. The molecule has 1 saturated heterocycles. The van der Waals surface area contributed by atoms with E-state index < -0.39 is 0 Å². The summed E-state index contributed by atoms with van der Waals surface area (Å²) in [6.45, 7) is 6.96. The first-order valence-electron chi connectivity index (χ1n) is 10.4. The summed E-state index contributed by atoms with van der Waals surface area (Å²) in [6.07, 6.45) is 1.97. The van der Waals surface area contributed by atoms with Gasteiger partial charge in [-0.1, -0.05) is 42.8 Å². The normalized spacial score (nSPS) is 19.5. The highest BCUT2D eigenvalue weighted by molar-refractivity contribution is 8.19. The van der Waals surface area contributed by atoms with E-state index in [1.165, 1.54) is 17.3 Å². The van der Waals surface area contributed by atoms with E-state index in [0.717, 1.165) is 55.5 Å². The second-order valence-electron chi connectivity index (χ2n) is 7.73. The van der Waals surface area contributed by atoms with Crippen molar-refractivity contribution < 1.29 is 9.53 Å². The number of ether oxygens (including phenoxy) is 1. The van der Waals surface area contributed by atoms with Crippen molar-refractivity contribution in [3.8, 4) is 5.75 Å². The van der Waals surface area contributed by atoms with E-state index in [-0.39, 0.29) is 5.91 Å². The summed E-state index contributed by atoms with van der Waals surface area (Å²) in [5.74, 6) is 0.848. The number of aryl methyl sites for hydroxylation is 2. The zero-order valence-corrected chi connectivity index (χ0v) is 20.2. The first-order chi connectivity index (χ1) is 14.9. The fourth-order valence-corrected chi connectivity index (χ4v) is 5.96. The fourth-order valence-electron chi connectivity index (χ4n) is 3.62. The second-order valence-corrected chi connectivity index (χ2v) is 9.73. The Kier molecular flexibility index (Phi) is 6.34. The number of hydrogen-bond acceptors (Lipinski definition) is 6. The predicted molar refractivity (Wildman–Crippen MR) is 132 cm³/mol. The summed E-state index contributed by atoms with van der Waals surface area (Å²) >= 11 is 3.11. The number of methoxy groups -OCH3 is 1. The van der Waals surface area contributed by atoms with E-state index in [4.69, 9.17) is 9.73 Å². The van der Waals surface area contributed by atoms with Gasteiger partial charge in [0.25, 0.3) is 5.91 Å². The molecule has 1 fully saturated rings. The van der Waals surface area contributed by atoms with Crippen LogP contribution in [0, 0.1) is 13.8 Å². The lowest BCUT2D eigenvalue weighted by atomic mass is 10.1. The van der Waals surface area contributed by atoms with Gasteiger partial charge in [-0.05, 0) is 55.8 Å². The summed E-state index contributed by atoms with van der Waals surface area (Å²) in [6, 6.07) is 12.2. The molecule has 7 heteroatoms. The molecule has 5 nitrogen and oxygen atoms in total. The number of carbonyl (C=O) groups excluding carboxylic acids is 1.